The third-order valence-corrected chi connectivity index (χ3v) is 5.77. The molecule has 3 unspecified atom stereocenters. The maximum Gasteiger partial charge on any atom is 0.248 e. The number of sulfone groups is 1. The number of carbonyl (C=O) groups excluding carboxylic acids is 1. The predicted octanol–water partition coefficient (Wildman–Crippen LogP) is 2.67. The molecule has 0 aliphatic carbocycles. The van der Waals surface area contributed by atoms with E-state index < -0.39 is 15.7 Å². The van der Waals surface area contributed by atoms with E-state index in [1.54, 1.807) is 0 Å². The van der Waals surface area contributed by atoms with Crippen molar-refractivity contribution < 1.29 is 17.9 Å². The smallest absolute Gasteiger partial charge is 0.248 e. The molecule has 2 heterocycles. The largest absolute Gasteiger partial charge is 0.375 e. The molecule has 1 aromatic carbocycles. The third-order valence-electron chi connectivity index (χ3n) is 4.42. The van der Waals surface area contributed by atoms with E-state index in [1.807, 2.05) is 0 Å². The highest BCUT2D eigenvalue weighted by Gasteiger charge is 2.39. The van der Waals surface area contributed by atoms with Gasteiger partial charge in [0, 0.05) is 11.0 Å². The summed E-state index contributed by atoms with van der Waals surface area (Å²) in [6.07, 6.45) is 6.65. The highest BCUT2D eigenvalue weighted by molar-refractivity contribution is 7.94. The van der Waals surface area contributed by atoms with E-state index in [4.69, 9.17) is 10.5 Å². The van der Waals surface area contributed by atoms with Crippen LogP contribution in [-0.2, 0) is 14.6 Å². The van der Waals surface area contributed by atoms with Crippen molar-refractivity contribution in [1.82, 2.24) is 0 Å². The van der Waals surface area contributed by atoms with Crippen LogP contribution < -0.4 is 5.73 Å². The summed E-state index contributed by atoms with van der Waals surface area (Å²) in [5, 5.41) is 0.826. The van der Waals surface area contributed by atoms with Gasteiger partial charge in [-0.2, -0.15) is 0 Å². The maximum atomic E-state index is 11.3. The number of hydrogen-bond acceptors (Lipinski definition) is 4. The Hall–Kier alpha value is -1.66. The lowest BCUT2D eigenvalue weighted by Gasteiger charge is -2.15. The van der Waals surface area contributed by atoms with Gasteiger partial charge in [0.15, 0.2) is 9.84 Å². The van der Waals surface area contributed by atoms with Crippen molar-refractivity contribution in [2.75, 3.05) is 0 Å². The van der Waals surface area contributed by atoms with Crippen molar-refractivity contribution in [3.8, 4) is 0 Å². The van der Waals surface area contributed by atoms with E-state index in [0.717, 1.165) is 11.3 Å². The number of rotatable bonds is 4. The average Bonchev–Trinajstić information content (AvgIpc) is 3.18. The summed E-state index contributed by atoms with van der Waals surface area (Å²) < 4.78 is 28.3. The van der Waals surface area contributed by atoms with Gasteiger partial charge in [-0.15, -0.1) is 0 Å². The molecule has 6 heteroatoms. The van der Waals surface area contributed by atoms with Gasteiger partial charge < -0.3 is 10.5 Å². The second-order valence-electron chi connectivity index (χ2n) is 5.88. The van der Waals surface area contributed by atoms with Crippen LogP contribution in [0.1, 0.15) is 43.0 Å². The molecule has 1 amide bonds. The average molecular weight is 337 g/mol. The Morgan fingerprint density at radius 3 is 2.61 bits per heavy atom. The number of fused-ring (bicyclic) bond motifs is 2. The van der Waals surface area contributed by atoms with Crippen molar-refractivity contribution in [2.24, 2.45) is 11.7 Å². The molecule has 5 nitrogen and oxygen atoms in total. The van der Waals surface area contributed by atoms with Gasteiger partial charge in [-0.05, 0) is 43.4 Å². The summed E-state index contributed by atoms with van der Waals surface area (Å²) >= 11 is 0. The third kappa shape index (κ3) is 4.20. The van der Waals surface area contributed by atoms with Crippen LogP contribution in [0.3, 0.4) is 0 Å². The lowest BCUT2D eigenvalue weighted by atomic mass is 9.88. The molecular weight excluding hydrogens is 314 g/mol. The van der Waals surface area contributed by atoms with Crippen LogP contribution in [0.25, 0.3) is 0 Å². The van der Waals surface area contributed by atoms with E-state index in [-0.39, 0.29) is 10.5 Å². The fraction of sp³-hybridized carbons (Fsp3) is 0.471. The fourth-order valence-corrected chi connectivity index (χ4v) is 3.85. The van der Waals surface area contributed by atoms with Gasteiger partial charge in [0.2, 0.25) is 5.91 Å². The van der Waals surface area contributed by atoms with Crippen molar-refractivity contribution >= 4 is 15.7 Å². The van der Waals surface area contributed by atoms with Crippen molar-refractivity contribution in [2.45, 2.75) is 49.7 Å². The Balaban J connectivity index is 0.000000182. The molecule has 0 saturated carbocycles. The maximum absolute atomic E-state index is 11.3. The predicted molar refractivity (Wildman–Crippen MR) is 88.6 cm³/mol. The lowest BCUT2D eigenvalue weighted by Crippen LogP contribution is -2.14. The minimum Gasteiger partial charge on any atom is -0.375 e. The number of nitrogens with two attached hydrogens (primary N) is 1. The minimum absolute atomic E-state index is 0.0174. The first-order valence-corrected chi connectivity index (χ1v) is 9.34. The Labute approximate surface area is 137 Å². The SMILES string of the molecule is C=CS(=O)(=O)c1cccc(C(N)=O)c1.CCC1CC2CCC1O2. The zero-order valence-corrected chi connectivity index (χ0v) is 14.1. The van der Waals surface area contributed by atoms with Gasteiger partial charge in [-0.3, -0.25) is 4.79 Å². The van der Waals surface area contributed by atoms with E-state index in [1.165, 1.54) is 49.9 Å². The van der Waals surface area contributed by atoms with Gasteiger partial charge in [-0.25, -0.2) is 8.42 Å². The van der Waals surface area contributed by atoms with E-state index in [0.29, 0.717) is 12.2 Å². The Kier molecular flexibility index (Phi) is 5.59. The van der Waals surface area contributed by atoms with Crippen LogP contribution >= 0.6 is 0 Å². The molecule has 23 heavy (non-hydrogen) atoms. The quantitative estimate of drug-likeness (QED) is 0.915. The van der Waals surface area contributed by atoms with E-state index in [9.17, 15) is 13.2 Å². The van der Waals surface area contributed by atoms with E-state index >= 15 is 0 Å². The van der Waals surface area contributed by atoms with Crippen molar-refractivity contribution in [3.05, 3.63) is 41.8 Å². The van der Waals surface area contributed by atoms with Gasteiger partial charge in [0.1, 0.15) is 0 Å². The Morgan fingerprint density at radius 1 is 1.43 bits per heavy atom. The van der Waals surface area contributed by atoms with Crippen LogP contribution in [0.5, 0.6) is 0 Å². The molecule has 2 aliphatic rings. The van der Waals surface area contributed by atoms with Crippen LogP contribution in [0, 0.1) is 5.92 Å². The first-order valence-electron chi connectivity index (χ1n) is 7.80. The van der Waals surface area contributed by atoms with Crippen LogP contribution in [0.2, 0.25) is 0 Å². The van der Waals surface area contributed by atoms with Crippen LogP contribution in [0.4, 0.5) is 0 Å². The minimum atomic E-state index is -3.50. The second kappa shape index (κ2) is 7.27. The van der Waals surface area contributed by atoms with Crippen LogP contribution in [-0.4, -0.2) is 26.5 Å². The Bertz CT molecular complexity index is 684. The molecule has 0 aromatic heterocycles. The summed E-state index contributed by atoms with van der Waals surface area (Å²) in [5.74, 6) is 0.245. The zero-order valence-electron chi connectivity index (χ0n) is 13.3. The summed E-state index contributed by atoms with van der Waals surface area (Å²) in [6, 6.07) is 5.50. The number of ether oxygens (including phenoxy) is 1. The van der Waals surface area contributed by atoms with Gasteiger partial charge in [0.05, 0.1) is 17.1 Å². The van der Waals surface area contributed by atoms with E-state index in [2.05, 4.69) is 13.5 Å². The highest BCUT2D eigenvalue weighted by Crippen LogP contribution is 2.39. The lowest BCUT2D eigenvalue weighted by molar-refractivity contribution is 0.0920. The molecule has 3 rings (SSSR count). The second-order valence-corrected chi connectivity index (χ2v) is 7.78. The standard InChI is InChI=1S/C9H9NO3S.C8H14O/c1-2-14(12,13)8-5-3-4-7(6-8)9(10)11;1-2-6-5-7-3-4-8(6)9-7/h2-6H,1H2,(H2,10,11);6-8H,2-5H2,1H3. The van der Waals surface area contributed by atoms with Crippen molar-refractivity contribution in [1.29, 1.82) is 0 Å². The fourth-order valence-electron chi connectivity index (χ4n) is 3.10. The first-order chi connectivity index (χ1) is 10.9. The first kappa shape index (κ1) is 17.7. The molecule has 2 bridgehead atoms. The topological polar surface area (TPSA) is 86.5 Å². The summed E-state index contributed by atoms with van der Waals surface area (Å²) in [7, 11) is -3.50. The van der Waals surface area contributed by atoms with Crippen molar-refractivity contribution in [3.63, 3.8) is 0 Å². The molecular formula is C17H23NO4S. The molecule has 0 radical (unpaired) electrons. The molecule has 2 saturated heterocycles. The summed E-state index contributed by atoms with van der Waals surface area (Å²) in [4.78, 5) is 10.8. The molecule has 3 atom stereocenters. The van der Waals surface area contributed by atoms with Crippen LogP contribution in [0.15, 0.2) is 41.1 Å². The molecule has 2 N–H and O–H groups in total. The molecule has 126 valence electrons. The molecule has 2 fully saturated rings. The summed E-state index contributed by atoms with van der Waals surface area (Å²) in [5.41, 5.74) is 5.17. The zero-order chi connectivity index (χ0) is 17.0. The number of carbonyl (C=O) groups is 1. The van der Waals surface area contributed by atoms with Gasteiger partial charge in [-0.1, -0.05) is 26.0 Å². The monoisotopic (exact) mass is 337 g/mol. The number of benzene rings is 1. The summed E-state index contributed by atoms with van der Waals surface area (Å²) in [6.45, 7) is 5.45. The Morgan fingerprint density at radius 2 is 2.17 bits per heavy atom. The normalized spacial score (nSPS) is 25.5. The molecule has 1 aromatic rings. The molecule has 0 spiro atoms. The number of hydrogen-bond donors (Lipinski definition) is 1. The number of primary amides is 1. The number of amides is 1. The van der Waals surface area contributed by atoms with Gasteiger partial charge >= 0.3 is 0 Å². The highest BCUT2D eigenvalue weighted by atomic mass is 32.2. The molecule has 2 aliphatic heterocycles. The van der Waals surface area contributed by atoms with Gasteiger partial charge in [0.25, 0.3) is 0 Å².